The van der Waals surface area contributed by atoms with Crippen LogP contribution in [0.1, 0.15) is 64.3 Å². The molecule has 1 aliphatic carbocycles. The quantitative estimate of drug-likeness (QED) is 0.725. The average Bonchev–Trinajstić information content (AvgIpc) is 2.91. The lowest BCUT2D eigenvalue weighted by molar-refractivity contribution is 0.180. The summed E-state index contributed by atoms with van der Waals surface area (Å²) in [7, 11) is 0. The molecule has 0 aromatic carbocycles. The molecule has 0 saturated heterocycles. The number of aromatic nitrogens is 2. The lowest BCUT2D eigenvalue weighted by atomic mass is 9.65. The number of nitrogens with one attached hydrogen (secondary N) is 1. The van der Waals surface area contributed by atoms with Crippen molar-refractivity contribution >= 4 is 0 Å². The van der Waals surface area contributed by atoms with Gasteiger partial charge in [0.25, 0.3) is 0 Å². The van der Waals surface area contributed by atoms with Crippen molar-refractivity contribution in [2.45, 2.75) is 65.7 Å². The topological polar surface area (TPSA) is 54.7 Å². The highest BCUT2D eigenvalue weighted by Gasteiger charge is 2.33. The maximum absolute atomic E-state index is 5.64. The Hall–Kier alpha value is -1.35. The van der Waals surface area contributed by atoms with Gasteiger partial charge in [-0.3, -0.25) is 0 Å². The molecule has 128 valence electrons. The molecule has 0 unspecified atom stereocenters. The van der Waals surface area contributed by atoms with Crippen LogP contribution in [0.25, 0.3) is 0 Å². The van der Waals surface area contributed by atoms with Crippen molar-refractivity contribution in [2.24, 2.45) is 17.1 Å². The van der Waals surface area contributed by atoms with E-state index in [9.17, 15) is 0 Å². The summed E-state index contributed by atoms with van der Waals surface area (Å²) in [4.78, 5) is 7.60. The number of nitrogens with zero attached hydrogens (tertiary/aromatic N) is 1. The van der Waals surface area contributed by atoms with Crippen LogP contribution in [0.2, 0.25) is 0 Å². The molecule has 1 heterocycles. The van der Waals surface area contributed by atoms with Gasteiger partial charge in [0.05, 0.1) is 12.0 Å². The Balaban J connectivity index is 1.89. The molecule has 2 rings (SSSR count). The second kappa shape index (κ2) is 7.96. The molecule has 0 amide bonds. The number of H-pyrrole nitrogens is 1. The van der Waals surface area contributed by atoms with E-state index in [1.165, 1.54) is 42.5 Å². The molecule has 1 aromatic heterocycles. The van der Waals surface area contributed by atoms with E-state index in [1.807, 2.05) is 0 Å². The van der Waals surface area contributed by atoms with Crippen molar-refractivity contribution in [3.8, 4) is 0 Å². The maximum atomic E-state index is 5.64. The van der Waals surface area contributed by atoms with Crippen LogP contribution in [-0.4, -0.2) is 16.5 Å². The molecule has 3 heteroatoms. The van der Waals surface area contributed by atoms with Gasteiger partial charge in [-0.2, -0.15) is 0 Å². The van der Waals surface area contributed by atoms with E-state index in [-0.39, 0.29) is 0 Å². The zero-order chi connectivity index (χ0) is 16.9. The van der Waals surface area contributed by atoms with Gasteiger partial charge in [0.2, 0.25) is 0 Å². The normalized spacial score (nSPS) is 21.7. The molecular formula is C20H33N3. The molecule has 1 fully saturated rings. The van der Waals surface area contributed by atoms with Crippen molar-refractivity contribution in [3.05, 3.63) is 41.5 Å². The summed E-state index contributed by atoms with van der Waals surface area (Å²) in [5.41, 5.74) is 11.3. The summed E-state index contributed by atoms with van der Waals surface area (Å²) in [6.07, 6.45) is 12.1. The fourth-order valence-electron chi connectivity index (χ4n) is 3.90. The smallest absolute Gasteiger partial charge is 0.0925 e. The Kier molecular flexibility index (Phi) is 6.23. The van der Waals surface area contributed by atoms with Crippen molar-refractivity contribution < 1.29 is 0 Å². The van der Waals surface area contributed by atoms with Crippen LogP contribution in [0.3, 0.4) is 0 Å². The van der Waals surface area contributed by atoms with E-state index >= 15 is 0 Å². The molecule has 23 heavy (non-hydrogen) atoms. The van der Waals surface area contributed by atoms with Crippen LogP contribution in [0.5, 0.6) is 0 Å². The van der Waals surface area contributed by atoms with Crippen LogP contribution >= 0.6 is 0 Å². The molecule has 1 atom stereocenters. The van der Waals surface area contributed by atoms with Gasteiger partial charge in [-0.1, -0.05) is 37.6 Å². The highest BCUT2D eigenvalue weighted by Crippen LogP contribution is 2.45. The minimum Gasteiger partial charge on any atom is -0.348 e. The highest BCUT2D eigenvalue weighted by atomic mass is 14.9. The van der Waals surface area contributed by atoms with E-state index in [0.29, 0.717) is 17.9 Å². The maximum Gasteiger partial charge on any atom is 0.0925 e. The van der Waals surface area contributed by atoms with Gasteiger partial charge >= 0.3 is 0 Å². The summed E-state index contributed by atoms with van der Waals surface area (Å²) in [6.45, 7) is 12.1. The summed E-state index contributed by atoms with van der Waals surface area (Å²) in [6, 6.07) is 0. The molecule has 1 aliphatic rings. The van der Waals surface area contributed by atoms with Gasteiger partial charge < -0.3 is 10.7 Å². The first-order valence-corrected chi connectivity index (χ1v) is 8.98. The minimum atomic E-state index is 0.410. The number of hydrogen-bond donors (Lipinski definition) is 2. The zero-order valence-corrected chi connectivity index (χ0v) is 15.1. The molecule has 0 bridgehead atoms. The number of aromatic amines is 1. The van der Waals surface area contributed by atoms with E-state index in [0.717, 1.165) is 25.0 Å². The summed E-state index contributed by atoms with van der Waals surface area (Å²) < 4.78 is 0. The van der Waals surface area contributed by atoms with Crippen molar-refractivity contribution in [2.75, 3.05) is 6.54 Å². The van der Waals surface area contributed by atoms with E-state index in [1.54, 1.807) is 6.33 Å². The summed E-state index contributed by atoms with van der Waals surface area (Å²) in [5.74, 6) is 0.666. The fourth-order valence-corrected chi connectivity index (χ4v) is 3.90. The number of rotatable bonds is 7. The summed E-state index contributed by atoms with van der Waals surface area (Å²) in [5, 5.41) is 0. The van der Waals surface area contributed by atoms with Gasteiger partial charge in [0.1, 0.15) is 0 Å². The minimum absolute atomic E-state index is 0.410. The number of allylic oxidation sites excluding steroid dienone is 3. The average molecular weight is 316 g/mol. The Bertz CT molecular complexity index is 551. The molecule has 3 nitrogen and oxygen atoms in total. The molecular weight excluding hydrogens is 282 g/mol. The van der Waals surface area contributed by atoms with Gasteiger partial charge in [0.15, 0.2) is 0 Å². The van der Waals surface area contributed by atoms with Crippen molar-refractivity contribution in [1.82, 2.24) is 9.97 Å². The third kappa shape index (κ3) is 4.81. The predicted octanol–water partition coefficient (Wildman–Crippen LogP) is 4.56. The van der Waals surface area contributed by atoms with Crippen LogP contribution < -0.4 is 5.73 Å². The molecule has 3 N–H and O–H groups in total. The van der Waals surface area contributed by atoms with Crippen molar-refractivity contribution in [3.63, 3.8) is 0 Å². The Labute approximate surface area is 141 Å². The van der Waals surface area contributed by atoms with Crippen LogP contribution in [0.15, 0.2) is 30.1 Å². The first-order chi connectivity index (χ1) is 10.9. The van der Waals surface area contributed by atoms with Gasteiger partial charge in [0, 0.05) is 18.5 Å². The SMILES string of the molecule is C=C1CCCC(C)(C)[C@H]1CC/C(C)=C/Cc1[nH]cnc1CCN. The second-order valence-electron chi connectivity index (χ2n) is 7.71. The Morgan fingerprint density at radius 1 is 1.52 bits per heavy atom. The van der Waals surface area contributed by atoms with Crippen LogP contribution in [0, 0.1) is 11.3 Å². The lowest BCUT2D eigenvalue weighted by Crippen LogP contribution is -2.29. The highest BCUT2D eigenvalue weighted by molar-refractivity contribution is 5.17. The van der Waals surface area contributed by atoms with E-state index < -0.39 is 0 Å². The molecule has 0 aliphatic heterocycles. The fraction of sp³-hybridized carbons (Fsp3) is 0.650. The van der Waals surface area contributed by atoms with Crippen LogP contribution in [0.4, 0.5) is 0 Å². The second-order valence-corrected chi connectivity index (χ2v) is 7.71. The number of nitrogens with two attached hydrogens (primary N) is 1. The largest absolute Gasteiger partial charge is 0.348 e. The molecule has 1 aromatic rings. The molecule has 0 spiro atoms. The predicted molar refractivity (Wildman–Crippen MR) is 98.3 cm³/mol. The monoisotopic (exact) mass is 315 g/mol. The van der Waals surface area contributed by atoms with Crippen molar-refractivity contribution in [1.29, 1.82) is 0 Å². The number of hydrogen-bond acceptors (Lipinski definition) is 2. The standard InChI is InChI=1S/C20H33N3/c1-15(8-10-18-19(11-13-21)23-14-22-18)7-9-17-16(2)6-5-12-20(17,3)4/h8,14,17H,2,5-7,9-13,21H2,1,3-4H3,(H,22,23)/b15-8+/t17-/m0/s1. The Morgan fingerprint density at radius 3 is 3.00 bits per heavy atom. The van der Waals surface area contributed by atoms with Gasteiger partial charge in [-0.05, 0) is 56.9 Å². The van der Waals surface area contributed by atoms with Crippen LogP contribution in [-0.2, 0) is 12.8 Å². The molecule has 1 saturated carbocycles. The van der Waals surface area contributed by atoms with E-state index in [4.69, 9.17) is 5.73 Å². The Morgan fingerprint density at radius 2 is 2.30 bits per heavy atom. The third-order valence-electron chi connectivity index (χ3n) is 5.43. The van der Waals surface area contributed by atoms with Gasteiger partial charge in [-0.25, -0.2) is 4.98 Å². The number of imidazole rings is 1. The zero-order valence-electron chi connectivity index (χ0n) is 15.1. The lowest BCUT2D eigenvalue weighted by Gasteiger charge is -2.40. The molecule has 0 radical (unpaired) electrons. The first kappa shape index (κ1) is 18.0. The first-order valence-electron chi connectivity index (χ1n) is 8.98. The summed E-state index contributed by atoms with van der Waals surface area (Å²) >= 11 is 0. The third-order valence-corrected chi connectivity index (χ3v) is 5.43. The van der Waals surface area contributed by atoms with E-state index in [2.05, 4.69) is 43.4 Å². The van der Waals surface area contributed by atoms with Gasteiger partial charge in [-0.15, -0.1) is 0 Å².